The van der Waals surface area contributed by atoms with Gasteiger partial charge in [0.05, 0.1) is 20.0 Å². The van der Waals surface area contributed by atoms with E-state index in [1.54, 1.807) is 19.4 Å². The zero-order valence-electron chi connectivity index (χ0n) is 9.13. The minimum Gasteiger partial charge on any atom is -0.481 e. The van der Waals surface area contributed by atoms with Crippen LogP contribution in [0.25, 0.3) is 0 Å². The number of aromatic nitrogens is 3. The average Bonchev–Trinajstić information content (AvgIpc) is 2.35. The maximum absolute atomic E-state index is 11.8. The lowest BCUT2D eigenvalue weighted by Gasteiger charge is -2.08. The fourth-order valence-electron chi connectivity index (χ4n) is 1.45. The molecule has 2 heterocycles. The predicted molar refractivity (Wildman–Crippen MR) is 66.1 cm³/mol. The van der Waals surface area contributed by atoms with Crippen LogP contribution in [-0.2, 0) is 6.54 Å². The van der Waals surface area contributed by atoms with E-state index >= 15 is 0 Å². The van der Waals surface area contributed by atoms with Crippen molar-refractivity contribution in [1.82, 2.24) is 14.5 Å². The molecule has 0 N–H and O–H groups in total. The van der Waals surface area contributed by atoms with E-state index in [-0.39, 0.29) is 5.56 Å². The SMILES string of the molecule is COc1ncccc1Cn1cncc(Br)c1=O. The number of hydrogen-bond donors (Lipinski definition) is 0. The van der Waals surface area contributed by atoms with Crippen molar-refractivity contribution >= 4 is 15.9 Å². The lowest BCUT2D eigenvalue weighted by atomic mass is 10.2. The van der Waals surface area contributed by atoms with Gasteiger partial charge in [-0.05, 0) is 22.0 Å². The number of nitrogens with zero attached hydrogens (tertiary/aromatic N) is 3. The molecule has 0 aliphatic carbocycles. The molecule has 0 unspecified atom stereocenters. The van der Waals surface area contributed by atoms with Crippen LogP contribution in [0.1, 0.15) is 5.56 Å². The van der Waals surface area contributed by atoms with E-state index in [1.165, 1.54) is 17.1 Å². The Morgan fingerprint density at radius 1 is 1.53 bits per heavy atom. The fraction of sp³-hybridized carbons (Fsp3) is 0.182. The molecule has 2 rings (SSSR count). The van der Waals surface area contributed by atoms with Crippen molar-refractivity contribution in [2.45, 2.75) is 6.54 Å². The van der Waals surface area contributed by atoms with Crippen molar-refractivity contribution in [1.29, 1.82) is 0 Å². The van der Waals surface area contributed by atoms with Gasteiger partial charge in [-0.15, -0.1) is 0 Å². The van der Waals surface area contributed by atoms with Crippen molar-refractivity contribution in [2.75, 3.05) is 7.11 Å². The standard InChI is InChI=1S/C11H10BrN3O2/c1-17-10-8(3-2-4-14-10)6-15-7-13-5-9(12)11(15)16/h2-5,7H,6H2,1H3. The number of methoxy groups -OCH3 is 1. The van der Waals surface area contributed by atoms with Gasteiger partial charge in [0, 0.05) is 18.0 Å². The number of hydrogen-bond acceptors (Lipinski definition) is 4. The molecule has 0 fully saturated rings. The Balaban J connectivity index is 2.38. The molecule has 2 aromatic heterocycles. The zero-order valence-corrected chi connectivity index (χ0v) is 10.7. The maximum atomic E-state index is 11.8. The smallest absolute Gasteiger partial charge is 0.267 e. The molecule has 0 aliphatic heterocycles. The van der Waals surface area contributed by atoms with Crippen LogP contribution in [0.15, 0.2) is 40.1 Å². The van der Waals surface area contributed by atoms with E-state index in [1.807, 2.05) is 6.07 Å². The number of halogens is 1. The Hall–Kier alpha value is -1.69. The molecular weight excluding hydrogens is 286 g/mol. The third kappa shape index (κ3) is 2.52. The van der Waals surface area contributed by atoms with Crippen LogP contribution in [0.4, 0.5) is 0 Å². The second-order valence-corrected chi connectivity index (χ2v) is 4.20. The minimum atomic E-state index is -0.133. The van der Waals surface area contributed by atoms with Crippen LogP contribution >= 0.6 is 15.9 Å². The molecule has 0 aliphatic rings. The molecule has 0 aromatic carbocycles. The summed E-state index contributed by atoms with van der Waals surface area (Å²) in [4.78, 5) is 19.8. The quantitative estimate of drug-likeness (QED) is 0.860. The molecule has 0 amide bonds. The topological polar surface area (TPSA) is 57.0 Å². The van der Waals surface area contributed by atoms with Gasteiger partial charge in [0.1, 0.15) is 4.47 Å². The summed E-state index contributed by atoms with van der Waals surface area (Å²) in [5.41, 5.74) is 0.697. The first-order valence-electron chi connectivity index (χ1n) is 4.90. The number of pyridine rings is 1. The van der Waals surface area contributed by atoms with Gasteiger partial charge in [-0.25, -0.2) is 9.97 Å². The van der Waals surface area contributed by atoms with Crippen molar-refractivity contribution in [3.63, 3.8) is 0 Å². The van der Waals surface area contributed by atoms with Crippen LogP contribution in [0.3, 0.4) is 0 Å². The van der Waals surface area contributed by atoms with E-state index < -0.39 is 0 Å². The van der Waals surface area contributed by atoms with Gasteiger partial charge in [0.15, 0.2) is 0 Å². The van der Waals surface area contributed by atoms with Crippen molar-refractivity contribution in [2.24, 2.45) is 0 Å². The maximum Gasteiger partial charge on any atom is 0.267 e. The van der Waals surface area contributed by atoms with Crippen LogP contribution in [0.5, 0.6) is 5.88 Å². The minimum absolute atomic E-state index is 0.133. The molecule has 0 atom stereocenters. The van der Waals surface area contributed by atoms with E-state index in [2.05, 4.69) is 25.9 Å². The summed E-state index contributed by atoms with van der Waals surface area (Å²) in [5, 5.41) is 0. The van der Waals surface area contributed by atoms with E-state index in [0.29, 0.717) is 16.9 Å². The molecule has 0 radical (unpaired) electrons. The summed E-state index contributed by atoms with van der Waals surface area (Å²) in [6.07, 6.45) is 4.60. The van der Waals surface area contributed by atoms with Gasteiger partial charge in [0.25, 0.3) is 5.56 Å². The highest BCUT2D eigenvalue weighted by Gasteiger charge is 2.06. The van der Waals surface area contributed by atoms with Crippen LogP contribution in [0, 0.1) is 0 Å². The Kier molecular flexibility index (Phi) is 3.53. The van der Waals surface area contributed by atoms with Gasteiger partial charge >= 0.3 is 0 Å². The van der Waals surface area contributed by atoms with Gasteiger partial charge in [-0.1, -0.05) is 6.07 Å². The zero-order chi connectivity index (χ0) is 12.3. The van der Waals surface area contributed by atoms with E-state index in [9.17, 15) is 4.79 Å². The lowest BCUT2D eigenvalue weighted by Crippen LogP contribution is -2.21. The predicted octanol–water partition coefficient (Wildman–Crippen LogP) is 1.46. The third-order valence-corrected chi connectivity index (χ3v) is 2.79. The van der Waals surface area contributed by atoms with Crippen LogP contribution < -0.4 is 10.3 Å². The molecule has 5 nitrogen and oxygen atoms in total. The summed E-state index contributed by atoms with van der Waals surface area (Å²) >= 11 is 3.15. The summed E-state index contributed by atoms with van der Waals surface area (Å²) in [6.45, 7) is 0.377. The lowest BCUT2D eigenvalue weighted by molar-refractivity contribution is 0.391. The largest absolute Gasteiger partial charge is 0.481 e. The fourth-order valence-corrected chi connectivity index (χ4v) is 1.79. The highest BCUT2D eigenvalue weighted by atomic mass is 79.9. The molecule has 6 heteroatoms. The normalized spacial score (nSPS) is 10.2. The van der Waals surface area contributed by atoms with Crippen LogP contribution in [-0.4, -0.2) is 21.6 Å². The molecule has 0 bridgehead atoms. The highest BCUT2D eigenvalue weighted by molar-refractivity contribution is 9.10. The monoisotopic (exact) mass is 295 g/mol. The average molecular weight is 296 g/mol. The summed E-state index contributed by atoms with van der Waals surface area (Å²) in [7, 11) is 1.55. The van der Waals surface area contributed by atoms with Gasteiger partial charge < -0.3 is 4.74 Å². The van der Waals surface area contributed by atoms with Gasteiger partial charge in [0.2, 0.25) is 5.88 Å². The Bertz CT molecular complexity index is 583. The van der Waals surface area contributed by atoms with Crippen LogP contribution in [0.2, 0.25) is 0 Å². The Labute approximate surface area is 106 Å². The number of ether oxygens (including phenoxy) is 1. The molecular formula is C11H10BrN3O2. The summed E-state index contributed by atoms with van der Waals surface area (Å²) < 4.78 is 7.05. The summed E-state index contributed by atoms with van der Waals surface area (Å²) in [5.74, 6) is 0.513. The van der Waals surface area contributed by atoms with E-state index in [4.69, 9.17) is 4.74 Å². The molecule has 0 saturated heterocycles. The number of rotatable bonds is 3. The van der Waals surface area contributed by atoms with Crippen molar-refractivity contribution < 1.29 is 4.74 Å². The first kappa shape index (κ1) is 11.8. The first-order valence-corrected chi connectivity index (χ1v) is 5.69. The molecule has 88 valence electrons. The first-order chi connectivity index (χ1) is 8.22. The Morgan fingerprint density at radius 2 is 2.35 bits per heavy atom. The second kappa shape index (κ2) is 5.09. The van der Waals surface area contributed by atoms with Crippen molar-refractivity contribution in [3.05, 3.63) is 51.2 Å². The second-order valence-electron chi connectivity index (χ2n) is 3.35. The Morgan fingerprint density at radius 3 is 3.12 bits per heavy atom. The molecule has 2 aromatic rings. The van der Waals surface area contributed by atoms with Gasteiger partial charge in [-0.2, -0.15) is 0 Å². The van der Waals surface area contributed by atoms with E-state index in [0.717, 1.165) is 5.56 Å². The molecule has 17 heavy (non-hydrogen) atoms. The summed E-state index contributed by atoms with van der Waals surface area (Å²) in [6, 6.07) is 3.66. The van der Waals surface area contributed by atoms with Gasteiger partial charge in [-0.3, -0.25) is 9.36 Å². The highest BCUT2D eigenvalue weighted by Crippen LogP contribution is 2.14. The molecule has 0 saturated carbocycles. The van der Waals surface area contributed by atoms with Crippen molar-refractivity contribution in [3.8, 4) is 5.88 Å². The molecule has 0 spiro atoms. The third-order valence-electron chi connectivity index (χ3n) is 2.24.